The van der Waals surface area contributed by atoms with Crippen molar-refractivity contribution in [3.8, 4) is 22.3 Å². The Hall–Kier alpha value is -4.17. The van der Waals surface area contributed by atoms with Gasteiger partial charge in [-0.25, -0.2) is 0 Å². The minimum absolute atomic E-state index is 0.948. The van der Waals surface area contributed by atoms with Crippen LogP contribution in [0.2, 0.25) is 0 Å². The van der Waals surface area contributed by atoms with Gasteiger partial charge in [-0.3, -0.25) is 4.98 Å². The van der Waals surface area contributed by atoms with Crippen molar-refractivity contribution in [1.82, 2.24) is 4.98 Å². The number of nitrogens with zero attached hydrogens (tertiary/aromatic N) is 2. The largest absolute Gasteiger partial charge is 0.309 e. The van der Waals surface area contributed by atoms with Crippen LogP contribution in [0.1, 0.15) is 44.5 Å². The molecule has 2 nitrogen and oxygen atoms in total. The van der Waals surface area contributed by atoms with E-state index < -0.39 is 0 Å². The number of pyridine rings is 1. The first-order chi connectivity index (χ1) is 17.3. The standard InChI is InChI=1S/C33H22N2/c1-3-7-25-19(5-1)11-21-17-32-22(14-27(21)25)15-30-29-13-20-6-2-4-8-26(20)28(29)16-23-12-24-18-34-10-9-31(24)35(32)33(23)30/h1-10,14,16-18H,11-13,15H2. The number of benzene rings is 4. The first kappa shape index (κ1) is 18.2. The van der Waals surface area contributed by atoms with Crippen molar-refractivity contribution in [3.63, 3.8) is 0 Å². The van der Waals surface area contributed by atoms with Gasteiger partial charge in [0, 0.05) is 25.2 Å². The summed E-state index contributed by atoms with van der Waals surface area (Å²) < 4.78 is 0. The lowest BCUT2D eigenvalue weighted by Gasteiger charge is -2.40. The molecule has 0 saturated heterocycles. The Morgan fingerprint density at radius 2 is 1.23 bits per heavy atom. The topological polar surface area (TPSA) is 16.1 Å². The van der Waals surface area contributed by atoms with Crippen LogP contribution >= 0.6 is 0 Å². The third-order valence-electron chi connectivity index (χ3n) is 8.60. The van der Waals surface area contributed by atoms with Crippen molar-refractivity contribution in [3.05, 3.63) is 130 Å². The lowest BCUT2D eigenvalue weighted by atomic mass is 9.82. The average Bonchev–Trinajstić information content (AvgIpc) is 3.45. The highest BCUT2D eigenvalue weighted by Crippen LogP contribution is 2.55. The number of hydrogen-bond acceptors (Lipinski definition) is 2. The zero-order valence-corrected chi connectivity index (χ0v) is 19.3. The van der Waals surface area contributed by atoms with Crippen LogP contribution < -0.4 is 4.90 Å². The van der Waals surface area contributed by atoms with Crippen LogP contribution in [0.5, 0.6) is 0 Å². The molecule has 0 atom stereocenters. The van der Waals surface area contributed by atoms with Gasteiger partial charge in [-0.05, 0) is 104 Å². The Bertz CT molecular complexity index is 1760. The molecule has 2 heteroatoms. The van der Waals surface area contributed by atoms with Gasteiger partial charge in [-0.1, -0.05) is 48.5 Å². The molecule has 0 spiro atoms. The summed E-state index contributed by atoms with van der Waals surface area (Å²) in [5.41, 5.74) is 21.4. The summed E-state index contributed by atoms with van der Waals surface area (Å²) in [5, 5.41) is 0. The molecule has 0 bridgehead atoms. The highest BCUT2D eigenvalue weighted by atomic mass is 15.2. The van der Waals surface area contributed by atoms with E-state index in [-0.39, 0.29) is 0 Å². The maximum absolute atomic E-state index is 4.50. The number of rotatable bonds is 0. The fourth-order valence-electron chi connectivity index (χ4n) is 7.11. The Morgan fingerprint density at radius 1 is 0.514 bits per heavy atom. The van der Waals surface area contributed by atoms with E-state index in [0.29, 0.717) is 0 Å². The fourth-order valence-corrected chi connectivity index (χ4v) is 7.11. The van der Waals surface area contributed by atoms with Gasteiger partial charge >= 0.3 is 0 Å². The second-order valence-electron chi connectivity index (χ2n) is 10.4. The van der Waals surface area contributed by atoms with E-state index in [2.05, 4.69) is 88.9 Å². The van der Waals surface area contributed by atoms with E-state index in [1.807, 2.05) is 6.20 Å². The Labute approximate surface area is 204 Å². The molecule has 35 heavy (non-hydrogen) atoms. The molecular weight excluding hydrogens is 424 g/mol. The predicted molar refractivity (Wildman–Crippen MR) is 141 cm³/mol. The van der Waals surface area contributed by atoms with Crippen LogP contribution in [0.3, 0.4) is 0 Å². The molecule has 164 valence electrons. The molecular formula is C33H22N2. The van der Waals surface area contributed by atoms with Gasteiger partial charge in [-0.15, -0.1) is 0 Å². The molecule has 4 aromatic carbocycles. The van der Waals surface area contributed by atoms with Gasteiger partial charge in [0.05, 0.1) is 17.1 Å². The second-order valence-corrected chi connectivity index (χ2v) is 10.4. The minimum Gasteiger partial charge on any atom is -0.309 e. The van der Waals surface area contributed by atoms with Crippen molar-refractivity contribution in [2.24, 2.45) is 0 Å². The Kier molecular flexibility index (Phi) is 3.27. The van der Waals surface area contributed by atoms with Crippen molar-refractivity contribution in [2.75, 3.05) is 4.90 Å². The van der Waals surface area contributed by atoms with Crippen molar-refractivity contribution in [1.29, 1.82) is 0 Å². The lowest BCUT2D eigenvalue weighted by molar-refractivity contribution is 0.983. The smallest absolute Gasteiger partial charge is 0.0535 e. The van der Waals surface area contributed by atoms with E-state index in [1.165, 1.54) is 83.8 Å². The quantitative estimate of drug-likeness (QED) is 0.240. The molecule has 2 aliphatic carbocycles. The van der Waals surface area contributed by atoms with E-state index in [9.17, 15) is 0 Å². The first-order valence-electron chi connectivity index (χ1n) is 12.6. The van der Waals surface area contributed by atoms with Gasteiger partial charge in [0.15, 0.2) is 0 Å². The van der Waals surface area contributed by atoms with Gasteiger partial charge in [0.1, 0.15) is 0 Å². The molecule has 3 heterocycles. The second kappa shape index (κ2) is 6.28. The summed E-state index contributed by atoms with van der Waals surface area (Å²) in [6.07, 6.45) is 8.02. The molecule has 0 saturated carbocycles. The SMILES string of the molecule is c1ccc2c(c1)Cc1cc3c(cc1-2)Cc1c2c(cc4c1N3c1ccncc1C4)-c1ccccc1C2. The van der Waals surface area contributed by atoms with Gasteiger partial charge in [-0.2, -0.15) is 0 Å². The summed E-state index contributed by atoms with van der Waals surface area (Å²) >= 11 is 0. The van der Waals surface area contributed by atoms with Crippen molar-refractivity contribution in [2.45, 2.75) is 25.7 Å². The molecule has 0 radical (unpaired) electrons. The van der Waals surface area contributed by atoms with Crippen molar-refractivity contribution >= 4 is 17.1 Å². The third kappa shape index (κ3) is 2.27. The number of anilines is 3. The highest BCUT2D eigenvalue weighted by Gasteiger charge is 2.37. The normalized spacial score (nSPS) is 14.9. The summed E-state index contributed by atoms with van der Waals surface area (Å²) in [4.78, 5) is 7.07. The molecule has 0 unspecified atom stereocenters. The van der Waals surface area contributed by atoms with Crippen LogP contribution in [0.15, 0.2) is 85.2 Å². The maximum Gasteiger partial charge on any atom is 0.0535 e. The highest BCUT2D eigenvalue weighted by molar-refractivity contribution is 5.95. The molecule has 0 fully saturated rings. The Balaban J connectivity index is 1.34. The summed E-state index contributed by atoms with van der Waals surface area (Å²) in [6, 6.07) is 27.6. The van der Waals surface area contributed by atoms with Crippen LogP contribution in [0.4, 0.5) is 17.1 Å². The zero-order valence-electron chi connectivity index (χ0n) is 19.3. The first-order valence-corrected chi connectivity index (χ1v) is 12.6. The molecule has 2 aliphatic heterocycles. The third-order valence-corrected chi connectivity index (χ3v) is 8.60. The molecule has 5 aromatic rings. The zero-order chi connectivity index (χ0) is 22.7. The average molecular weight is 447 g/mol. The number of fused-ring (bicyclic) bond motifs is 11. The Morgan fingerprint density at radius 3 is 2.11 bits per heavy atom. The number of aromatic nitrogens is 1. The van der Waals surface area contributed by atoms with Crippen LogP contribution in [0.25, 0.3) is 22.3 Å². The van der Waals surface area contributed by atoms with Gasteiger partial charge < -0.3 is 4.90 Å². The summed E-state index contributed by atoms with van der Waals surface area (Å²) in [6.45, 7) is 0. The summed E-state index contributed by atoms with van der Waals surface area (Å²) in [7, 11) is 0. The van der Waals surface area contributed by atoms with Crippen molar-refractivity contribution < 1.29 is 0 Å². The molecule has 0 amide bonds. The number of hydrogen-bond donors (Lipinski definition) is 0. The van der Waals surface area contributed by atoms with E-state index >= 15 is 0 Å². The van der Waals surface area contributed by atoms with Crippen LogP contribution in [-0.2, 0) is 25.7 Å². The van der Waals surface area contributed by atoms with Crippen LogP contribution in [-0.4, -0.2) is 4.98 Å². The van der Waals surface area contributed by atoms with Gasteiger partial charge in [0.25, 0.3) is 0 Å². The van der Waals surface area contributed by atoms with Gasteiger partial charge in [0.2, 0.25) is 0 Å². The van der Waals surface area contributed by atoms with E-state index in [1.54, 1.807) is 0 Å². The lowest BCUT2D eigenvalue weighted by Crippen LogP contribution is -2.26. The molecule has 1 aromatic heterocycles. The molecule has 0 N–H and O–H groups in total. The van der Waals surface area contributed by atoms with E-state index in [0.717, 1.165) is 25.7 Å². The van der Waals surface area contributed by atoms with E-state index in [4.69, 9.17) is 0 Å². The summed E-state index contributed by atoms with van der Waals surface area (Å²) in [5.74, 6) is 0. The molecule has 9 rings (SSSR count). The maximum atomic E-state index is 4.50. The predicted octanol–water partition coefficient (Wildman–Crippen LogP) is 7.50. The minimum atomic E-state index is 0.948. The molecule has 4 aliphatic rings. The fraction of sp³-hybridized carbons (Fsp3) is 0.121. The monoisotopic (exact) mass is 446 g/mol. The van der Waals surface area contributed by atoms with Crippen LogP contribution in [0, 0.1) is 0 Å².